The number of aromatic nitrogens is 1. The molecule has 5 nitrogen and oxygen atoms in total. The van der Waals surface area contributed by atoms with Crippen LogP contribution in [-0.4, -0.2) is 33.9 Å². The van der Waals surface area contributed by atoms with E-state index in [-0.39, 0.29) is 5.56 Å². The Morgan fingerprint density at radius 2 is 1.87 bits per heavy atom. The highest BCUT2D eigenvalue weighted by atomic mass is 32.2. The lowest BCUT2D eigenvalue weighted by molar-refractivity contribution is -0.124. The number of halogens is 3. The maximum Gasteiger partial charge on any atom is 0.447 e. The maximum atomic E-state index is 12.5. The maximum absolute atomic E-state index is 12.5. The van der Waals surface area contributed by atoms with Crippen molar-refractivity contribution >= 4 is 23.6 Å². The fourth-order valence-electron chi connectivity index (χ4n) is 1.57. The number of nitrogens with one attached hydrogen (secondary N) is 2. The number of rotatable bonds is 4. The van der Waals surface area contributed by atoms with Crippen molar-refractivity contribution in [3.05, 3.63) is 23.9 Å². The average molecular weight is 349 g/mol. The molecule has 9 heteroatoms. The number of nitrogens with zero attached hydrogens (tertiary/aromatic N) is 1. The van der Waals surface area contributed by atoms with Crippen LogP contribution in [0.25, 0.3) is 0 Å². The Morgan fingerprint density at radius 3 is 2.39 bits per heavy atom. The number of amides is 2. The van der Waals surface area contributed by atoms with Gasteiger partial charge in [-0.05, 0) is 39.8 Å². The fourth-order valence-corrected chi connectivity index (χ4v) is 2.18. The van der Waals surface area contributed by atoms with Crippen molar-refractivity contribution < 1.29 is 22.8 Å². The first kappa shape index (κ1) is 19.3. The van der Waals surface area contributed by atoms with E-state index in [4.69, 9.17) is 0 Å². The van der Waals surface area contributed by atoms with Gasteiger partial charge in [-0.15, -0.1) is 0 Å². The summed E-state index contributed by atoms with van der Waals surface area (Å²) in [6, 6.07) is 1.69. The molecule has 1 aromatic rings. The fraction of sp³-hybridized carbons (Fsp3) is 0.500. The summed E-state index contributed by atoms with van der Waals surface area (Å²) in [6.07, 6.45) is 1.17. The van der Waals surface area contributed by atoms with Crippen molar-refractivity contribution in [2.24, 2.45) is 0 Å². The number of alkyl halides is 3. The predicted molar refractivity (Wildman–Crippen MR) is 81.0 cm³/mol. The minimum absolute atomic E-state index is 0.231. The topological polar surface area (TPSA) is 71.1 Å². The van der Waals surface area contributed by atoms with Gasteiger partial charge in [0.25, 0.3) is 5.91 Å². The predicted octanol–water partition coefficient (Wildman–Crippen LogP) is 2.73. The van der Waals surface area contributed by atoms with Gasteiger partial charge in [-0.2, -0.15) is 13.2 Å². The first-order valence-corrected chi connectivity index (χ1v) is 7.54. The molecule has 1 atom stereocenters. The zero-order chi connectivity index (χ0) is 17.8. The lowest BCUT2D eigenvalue weighted by atomic mass is 10.1. The van der Waals surface area contributed by atoms with Crippen molar-refractivity contribution in [1.29, 1.82) is 0 Å². The highest BCUT2D eigenvalue weighted by Gasteiger charge is 2.32. The largest absolute Gasteiger partial charge is 0.447 e. The number of pyridine rings is 1. The Labute approximate surface area is 136 Å². The van der Waals surface area contributed by atoms with E-state index in [1.807, 2.05) is 0 Å². The van der Waals surface area contributed by atoms with E-state index >= 15 is 0 Å². The first-order chi connectivity index (χ1) is 10.4. The zero-order valence-corrected chi connectivity index (χ0v) is 13.9. The smallest absolute Gasteiger partial charge is 0.350 e. The van der Waals surface area contributed by atoms with Gasteiger partial charge < -0.3 is 10.6 Å². The number of hydrogen-bond acceptors (Lipinski definition) is 4. The molecule has 1 rings (SSSR count). The molecule has 0 radical (unpaired) electrons. The molecule has 0 aliphatic heterocycles. The van der Waals surface area contributed by atoms with E-state index in [2.05, 4.69) is 15.6 Å². The summed E-state index contributed by atoms with van der Waals surface area (Å²) in [5.74, 6) is -1.22. The zero-order valence-electron chi connectivity index (χ0n) is 13.1. The average Bonchev–Trinajstić information content (AvgIpc) is 2.35. The molecule has 0 fully saturated rings. The number of carbonyl (C=O) groups excluding carboxylic acids is 2. The van der Waals surface area contributed by atoms with Crippen molar-refractivity contribution in [3.8, 4) is 0 Å². The Morgan fingerprint density at radius 1 is 1.26 bits per heavy atom. The first-order valence-electron chi connectivity index (χ1n) is 6.73. The van der Waals surface area contributed by atoms with Gasteiger partial charge in [-0.1, -0.05) is 0 Å². The molecule has 128 valence electrons. The molecule has 0 unspecified atom stereocenters. The molecule has 0 aromatic carbocycles. The van der Waals surface area contributed by atoms with E-state index in [1.165, 1.54) is 25.3 Å². The molecule has 1 heterocycles. The van der Waals surface area contributed by atoms with Gasteiger partial charge >= 0.3 is 5.51 Å². The van der Waals surface area contributed by atoms with E-state index in [9.17, 15) is 22.8 Å². The van der Waals surface area contributed by atoms with Crippen LogP contribution in [0.15, 0.2) is 23.4 Å². The summed E-state index contributed by atoms with van der Waals surface area (Å²) >= 11 is -0.471. The normalized spacial score (nSPS) is 13.3. The van der Waals surface area contributed by atoms with Gasteiger partial charge in [-0.25, -0.2) is 4.98 Å². The van der Waals surface area contributed by atoms with Crippen molar-refractivity contribution in [3.63, 3.8) is 0 Å². The molecule has 0 bridgehead atoms. The quantitative estimate of drug-likeness (QED) is 0.820. The van der Waals surface area contributed by atoms with Crippen molar-refractivity contribution in [2.45, 2.75) is 49.8 Å². The molecule has 2 amide bonds. The van der Waals surface area contributed by atoms with Gasteiger partial charge in [0, 0.05) is 23.5 Å². The molecule has 1 aromatic heterocycles. The molecule has 0 aliphatic rings. The number of hydrogen-bond donors (Lipinski definition) is 2. The second-order valence-electron chi connectivity index (χ2n) is 5.84. The molecular weight excluding hydrogens is 331 g/mol. The second-order valence-corrected chi connectivity index (χ2v) is 6.89. The standard InChI is InChI=1S/C14H18F3N3O2S/c1-8(10(21)20-13(2,3)4)19-11(22)9-6-5-7-18-12(9)23-14(15,16)17/h5-8H,1-4H3,(H,19,22)(H,20,21)/t8-/m0/s1. The highest BCUT2D eigenvalue weighted by Crippen LogP contribution is 2.37. The van der Waals surface area contributed by atoms with Crippen LogP contribution in [0.4, 0.5) is 13.2 Å². The molecule has 0 saturated carbocycles. The minimum Gasteiger partial charge on any atom is -0.350 e. The number of carbonyl (C=O) groups is 2. The lowest BCUT2D eigenvalue weighted by Gasteiger charge is -2.23. The highest BCUT2D eigenvalue weighted by molar-refractivity contribution is 8.00. The van der Waals surface area contributed by atoms with Crippen LogP contribution in [0.3, 0.4) is 0 Å². The van der Waals surface area contributed by atoms with E-state index in [1.54, 1.807) is 20.8 Å². The summed E-state index contributed by atoms with van der Waals surface area (Å²) in [6.45, 7) is 6.78. The molecule has 0 aliphatic carbocycles. The lowest BCUT2D eigenvalue weighted by Crippen LogP contribution is -2.50. The SMILES string of the molecule is C[C@H](NC(=O)c1cccnc1SC(F)(F)F)C(=O)NC(C)(C)C. The van der Waals surface area contributed by atoms with Crippen LogP contribution in [0.1, 0.15) is 38.1 Å². The van der Waals surface area contributed by atoms with Crippen LogP contribution in [0.5, 0.6) is 0 Å². The van der Waals surface area contributed by atoms with Crippen LogP contribution in [-0.2, 0) is 4.79 Å². The number of thioether (sulfide) groups is 1. The molecule has 23 heavy (non-hydrogen) atoms. The summed E-state index contributed by atoms with van der Waals surface area (Å²) in [7, 11) is 0. The van der Waals surface area contributed by atoms with Crippen LogP contribution < -0.4 is 10.6 Å². The van der Waals surface area contributed by atoms with Crippen LogP contribution in [0.2, 0.25) is 0 Å². The third kappa shape index (κ3) is 6.89. The van der Waals surface area contributed by atoms with Crippen molar-refractivity contribution in [1.82, 2.24) is 15.6 Å². The summed E-state index contributed by atoms with van der Waals surface area (Å²) in [5, 5.41) is 4.59. The van der Waals surface area contributed by atoms with Gasteiger partial charge in [0.05, 0.1) is 5.56 Å². The minimum atomic E-state index is -4.56. The van der Waals surface area contributed by atoms with Crippen LogP contribution >= 0.6 is 11.8 Å². The molecule has 0 spiro atoms. The van der Waals surface area contributed by atoms with E-state index in [0.29, 0.717) is 0 Å². The molecule has 0 saturated heterocycles. The third-order valence-corrected chi connectivity index (χ3v) is 3.22. The van der Waals surface area contributed by atoms with Gasteiger partial charge in [0.1, 0.15) is 11.1 Å². The monoisotopic (exact) mass is 349 g/mol. The molecule has 2 N–H and O–H groups in total. The third-order valence-electron chi connectivity index (χ3n) is 2.47. The summed E-state index contributed by atoms with van der Waals surface area (Å²) in [5.41, 5.74) is -5.27. The Balaban J connectivity index is 2.84. The molecular formula is C14H18F3N3O2S. The van der Waals surface area contributed by atoms with E-state index in [0.717, 1.165) is 0 Å². The summed E-state index contributed by atoms with van der Waals surface area (Å²) < 4.78 is 37.5. The van der Waals surface area contributed by atoms with E-state index < -0.39 is 45.7 Å². The Kier molecular flexibility index (Phi) is 6.04. The van der Waals surface area contributed by atoms with Gasteiger partial charge in [0.15, 0.2) is 0 Å². The Hall–Kier alpha value is -1.77. The summed E-state index contributed by atoms with van der Waals surface area (Å²) in [4.78, 5) is 27.6. The van der Waals surface area contributed by atoms with Gasteiger partial charge in [-0.3, -0.25) is 9.59 Å². The van der Waals surface area contributed by atoms with Crippen molar-refractivity contribution in [2.75, 3.05) is 0 Å². The second kappa shape index (κ2) is 7.20. The van der Waals surface area contributed by atoms with Crippen LogP contribution in [0, 0.1) is 0 Å². The van der Waals surface area contributed by atoms with Gasteiger partial charge in [0.2, 0.25) is 5.91 Å². The Bertz CT molecular complexity index is 585.